The Morgan fingerprint density at radius 3 is 1.62 bits per heavy atom. The second-order valence-corrected chi connectivity index (χ2v) is 8.59. The SMILES string of the molecule is C1CC2CCC1O2.CCC(C)(C)C(=O)OC.COS(=O)(=O)N(C)C. The summed E-state index contributed by atoms with van der Waals surface area (Å²) in [6.07, 6.45) is 7.51. The van der Waals surface area contributed by atoms with Crippen LogP contribution in [0.2, 0.25) is 0 Å². The van der Waals surface area contributed by atoms with Gasteiger partial charge in [0.05, 0.1) is 31.8 Å². The van der Waals surface area contributed by atoms with E-state index in [0.29, 0.717) is 12.2 Å². The molecule has 2 rings (SSSR count). The lowest BCUT2D eigenvalue weighted by molar-refractivity contribution is -0.150. The van der Waals surface area contributed by atoms with Gasteiger partial charge in [-0.3, -0.25) is 8.98 Å². The van der Waals surface area contributed by atoms with Crippen LogP contribution in [0.1, 0.15) is 52.9 Å². The van der Waals surface area contributed by atoms with Gasteiger partial charge in [-0.2, -0.15) is 12.7 Å². The van der Waals surface area contributed by atoms with Crippen LogP contribution in [0.25, 0.3) is 0 Å². The fourth-order valence-electron chi connectivity index (χ4n) is 2.15. The average Bonchev–Trinajstić information content (AvgIpc) is 3.20. The lowest BCUT2D eigenvalue weighted by Crippen LogP contribution is -2.24. The van der Waals surface area contributed by atoms with Crippen molar-refractivity contribution in [3.8, 4) is 0 Å². The summed E-state index contributed by atoms with van der Waals surface area (Å²) in [5, 5.41) is 0. The zero-order valence-corrected chi connectivity index (χ0v) is 16.8. The molecule has 24 heavy (non-hydrogen) atoms. The number of fused-ring (bicyclic) bond motifs is 2. The van der Waals surface area contributed by atoms with Crippen LogP contribution >= 0.6 is 0 Å². The molecule has 8 heteroatoms. The van der Waals surface area contributed by atoms with Gasteiger partial charge in [0.1, 0.15) is 0 Å². The van der Waals surface area contributed by atoms with Crippen LogP contribution in [0.4, 0.5) is 0 Å². The van der Waals surface area contributed by atoms with E-state index in [1.807, 2.05) is 20.8 Å². The molecule has 2 fully saturated rings. The molecular weight excluding hydrogens is 334 g/mol. The normalized spacial score (nSPS) is 22.3. The van der Waals surface area contributed by atoms with E-state index in [1.165, 1.54) is 46.9 Å². The van der Waals surface area contributed by atoms with Crippen molar-refractivity contribution in [3.63, 3.8) is 0 Å². The van der Waals surface area contributed by atoms with Gasteiger partial charge in [0, 0.05) is 14.1 Å². The molecule has 0 atom stereocenters. The van der Waals surface area contributed by atoms with Crippen molar-refractivity contribution in [1.82, 2.24) is 4.31 Å². The highest BCUT2D eigenvalue weighted by Crippen LogP contribution is 2.33. The smallest absolute Gasteiger partial charge is 0.337 e. The summed E-state index contributed by atoms with van der Waals surface area (Å²) in [4.78, 5) is 10.8. The van der Waals surface area contributed by atoms with E-state index in [0.717, 1.165) is 17.8 Å². The first-order chi connectivity index (χ1) is 11.0. The first kappa shape index (κ1) is 23.3. The molecule has 0 aromatic heterocycles. The van der Waals surface area contributed by atoms with Crippen molar-refractivity contribution in [3.05, 3.63) is 0 Å². The molecule has 0 amide bonds. The molecule has 2 aliphatic heterocycles. The molecule has 2 aliphatic rings. The molecule has 0 unspecified atom stereocenters. The Bertz CT molecular complexity index is 457. The molecule has 2 saturated heterocycles. The van der Waals surface area contributed by atoms with E-state index in [9.17, 15) is 13.2 Å². The minimum atomic E-state index is -3.40. The van der Waals surface area contributed by atoms with Crippen molar-refractivity contribution >= 4 is 16.3 Å². The lowest BCUT2D eigenvalue weighted by Gasteiger charge is -2.17. The zero-order valence-electron chi connectivity index (χ0n) is 16.0. The van der Waals surface area contributed by atoms with Crippen molar-refractivity contribution in [1.29, 1.82) is 0 Å². The Balaban J connectivity index is 0.000000332. The highest BCUT2D eigenvalue weighted by molar-refractivity contribution is 7.84. The maximum Gasteiger partial charge on any atom is 0.337 e. The van der Waals surface area contributed by atoms with Crippen LogP contribution < -0.4 is 0 Å². The second-order valence-electron chi connectivity index (χ2n) is 6.67. The summed E-state index contributed by atoms with van der Waals surface area (Å²) >= 11 is 0. The fourth-order valence-corrected chi connectivity index (χ4v) is 2.44. The summed E-state index contributed by atoms with van der Waals surface area (Å²) in [5.41, 5.74) is -0.311. The monoisotopic (exact) mass is 367 g/mol. The van der Waals surface area contributed by atoms with Crippen LogP contribution in [0, 0.1) is 5.41 Å². The number of hydrogen-bond acceptors (Lipinski definition) is 6. The number of methoxy groups -OCH3 is 1. The molecule has 2 bridgehead atoms. The third kappa shape index (κ3) is 7.92. The van der Waals surface area contributed by atoms with Crippen LogP contribution in [-0.4, -0.2) is 59.2 Å². The van der Waals surface area contributed by atoms with E-state index in [1.54, 1.807) is 0 Å². The molecule has 0 N–H and O–H groups in total. The van der Waals surface area contributed by atoms with Crippen molar-refractivity contribution in [2.24, 2.45) is 5.41 Å². The first-order valence-electron chi connectivity index (χ1n) is 8.22. The van der Waals surface area contributed by atoms with Crippen molar-refractivity contribution < 1.29 is 26.9 Å². The molecule has 2 heterocycles. The molecule has 0 aromatic rings. The van der Waals surface area contributed by atoms with Gasteiger partial charge in [-0.15, -0.1) is 0 Å². The number of nitrogens with zero attached hydrogens (tertiary/aromatic N) is 1. The predicted octanol–water partition coefficient (Wildman–Crippen LogP) is 2.36. The predicted molar refractivity (Wildman–Crippen MR) is 92.8 cm³/mol. The minimum absolute atomic E-state index is 0.134. The van der Waals surface area contributed by atoms with E-state index in [2.05, 4.69) is 8.92 Å². The standard InChI is InChI=1S/C7H14O2.C6H10O.C3H9NO3S/c1-5-7(2,3)6(8)9-4;1-2-6-4-3-5(1)7-6;1-4(2)8(5,6)7-3/h5H2,1-4H3;5-6H,1-4H2;1-3H3. The second kappa shape index (κ2) is 10.3. The number of rotatable bonds is 4. The van der Waals surface area contributed by atoms with Gasteiger partial charge in [0.2, 0.25) is 0 Å². The van der Waals surface area contributed by atoms with E-state index in [4.69, 9.17) is 4.74 Å². The van der Waals surface area contributed by atoms with Gasteiger partial charge >= 0.3 is 16.3 Å². The van der Waals surface area contributed by atoms with Gasteiger partial charge < -0.3 is 9.47 Å². The van der Waals surface area contributed by atoms with E-state index in [-0.39, 0.29) is 11.4 Å². The summed E-state index contributed by atoms with van der Waals surface area (Å²) in [7, 11) is 1.94. The Hall–Kier alpha value is -0.700. The minimum Gasteiger partial charge on any atom is -0.469 e. The summed E-state index contributed by atoms with van der Waals surface area (Å²) in [6.45, 7) is 5.72. The van der Waals surface area contributed by atoms with Gasteiger partial charge in [-0.1, -0.05) is 6.92 Å². The topological polar surface area (TPSA) is 82.1 Å². The van der Waals surface area contributed by atoms with Crippen molar-refractivity contribution in [2.45, 2.75) is 65.1 Å². The van der Waals surface area contributed by atoms with Gasteiger partial charge in [0.15, 0.2) is 0 Å². The van der Waals surface area contributed by atoms with Crippen molar-refractivity contribution in [2.75, 3.05) is 28.3 Å². The Labute approximate surface area is 146 Å². The van der Waals surface area contributed by atoms with Gasteiger partial charge in [0.25, 0.3) is 0 Å². The molecule has 144 valence electrons. The summed E-state index contributed by atoms with van der Waals surface area (Å²) < 4.78 is 35.9. The molecule has 0 aliphatic carbocycles. The lowest BCUT2D eigenvalue weighted by atomic mass is 9.91. The number of hydrogen-bond donors (Lipinski definition) is 0. The molecular formula is C16H33NO6S. The third-order valence-electron chi connectivity index (χ3n) is 4.29. The molecule has 0 radical (unpaired) electrons. The van der Waals surface area contributed by atoms with E-state index < -0.39 is 10.3 Å². The fraction of sp³-hybridized carbons (Fsp3) is 0.938. The number of ether oxygens (including phenoxy) is 2. The molecule has 7 nitrogen and oxygen atoms in total. The van der Waals surface area contributed by atoms with Gasteiger partial charge in [-0.25, -0.2) is 0 Å². The Kier molecular flexibility index (Phi) is 10.0. The number of carbonyl (C=O) groups excluding carboxylic acids is 1. The molecule has 0 spiro atoms. The number of carbonyl (C=O) groups is 1. The maximum atomic E-state index is 10.8. The highest BCUT2D eigenvalue weighted by Gasteiger charge is 2.31. The zero-order chi connectivity index (χ0) is 19.0. The average molecular weight is 368 g/mol. The van der Waals surface area contributed by atoms with Gasteiger partial charge in [-0.05, 0) is 46.0 Å². The summed E-state index contributed by atoms with van der Waals surface area (Å²) in [6, 6.07) is 0. The molecule has 0 aromatic carbocycles. The third-order valence-corrected chi connectivity index (χ3v) is 5.60. The Morgan fingerprint density at radius 1 is 1.12 bits per heavy atom. The maximum absolute atomic E-state index is 10.8. The number of esters is 1. The Morgan fingerprint density at radius 2 is 1.54 bits per heavy atom. The van der Waals surface area contributed by atoms with Crippen LogP contribution in [0.3, 0.4) is 0 Å². The van der Waals surface area contributed by atoms with Crippen LogP contribution in [0.5, 0.6) is 0 Å². The highest BCUT2D eigenvalue weighted by atomic mass is 32.2. The van der Waals surface area contributed by atoms with Crippen LogP contribution in [0.15, 0.2) is 0 Å². The summed E-state index contributed by atoms with van der Waals surface area (Å²) in [5.74, 6) is -0.134. The quantitative estimate of drug-likeness (QED) is 0.710. The first-order valence-corrected chi connectivity index (χ1v) is 9.58. The largest absolute Gasteiger partial charge is 0.469 e. The molecule has 0 saturated carbocycles. The van der Waals surface area contributed by atoms with Crippen LogP contribution in [-0.2, 0) is 28.8 Å². The van der Waals surface area contributed by atoms with E-state index >= 15 is 0 Å².